The number of pyridine rings is 1. The molecule has 0 radical (unpaired) electrons. The molecule has 1 aromatic rings. The molecule has 2 nitrogen and oxygen atoms in total. The Hall–Kier alpha value is -0.530. The summed E-state index contributed by atoms with van der Waals surface area (Å²) in [6, 6.07) is 2.97. The lowest BCUT2D eigenvalue weighted by molar-refractivity contribution is -0.0673. The second kappa shape index (κ2) is 4.81. The van der Waals surface area contributed by atoms with Gasteiger partial charge in [0, 0.05) is 0 Å². The van der Waals surface area contributed by atoms with Gasteiger partial charge in [0.2, 0.25) is 0 Å². The number of hydrogen-bond acceptors (Lipinski definition) is 2. The van der Waals surface area contributed by atoms with E-state index in [1.165, 1.54) is 6.07 Å². The van der Waals surface area contributed by atoms with Gasteiger partial charge in [-0.05, 0) is 41.6 Å². The lowest BCUT2D eigenvalue weighted by Gasteiger charge is -2.11. The molecule has 0 saturated carbocycles. The maximum atomic E-state index is 12.5. The second-order valence-electron chi connectivity index (χ2n) is 2.52. The summed E-state index contributed by atoms with van der Waals surface area (Å²) in [6.45, 7) is 1.57. The van der Waals surface area contributed by atoms with E-state index in [1.54, 1.807) is 13.0 Å². The van der Waals surface area contributed by atoms with Gasteiger partial charge in [-0.2, -0.15) is 4.39 Å². The molecule has 0 aromatic carbocycles. The molecule has 0 saturated heterocycles. The molecule has 0 bridgehead atoms. The molecule has 0 aliphatic heterocycles. The molecule has 0 fully saturated rings. The Bertz CT molecular complexity index is 321. The van der Waals surface area contributed by atoms with Gasteiger partial charge in [-0.1, -0.05) is 0 Å². The molecule has 0 aliphatic carbocycles. The van der Waals surface area contributed by atoms with Crippen LogP contribution in [0.3, 0.4) is 0 Å². The lowest BCUT2D eigenvalue weighted by atomic mass is 10.3. The molecular weight excluding hydrogens is 310 g/mol. The summed E-state index contributed by atoms with van der Waals surface area (Å²) in [5.74, 6) is 0.0400. The standard InChI is InChI=1S/C8H7F3INO/c1-4-5(2-3-6(12)13-4)14-8(11)7(9)10/h2-3,7-8H,1H3. The largest absolute Gasteiger partial charge is 0.453 e. The van der Waals surface area contributed by atoms with Gasteiger partial charge in [-0.15, -0.1) is 0 Å². The van der Waals surface area contributed by atoms with Crippen LogP contribution in [0.15, 0.2) is 12.1 Å². The highest BCUT2D eigenvalue weighted by Crippen LogP contribution is 2.20. The Morgan fingerprint density at radius 3 is 2.50 bits per heavy atom. The Kier molecular flexibility index (Phi) is 3.97. The minimum absolute atomic E-state index is 0.0400. The van der Waals surface area contributed by atoms with Gasteiger partial charge in [-0.25, -0.2) is 13.8 Å². The van der Waals surface area contributed by atoms with Gasteiger partial charge in [-0.3, -0.25) is 0 Å². The van der Waals surface area contributed by atoms with Crippen molar-refractivity contribution in [1.29, 1.82) is 0 Å². The molecule has 1 heterocycles. The van der Waals surface area contributed by atoms with E-state index in [4.69, 9.17) is 0 Å². The molecule has 78 valence electrons. The number of rotatable bonds is 3. The van der Waals surface area contributed by atoms with E-state index in [0.29, 0.717) is 9.39 Å². The van der Waals surface area contributed by atoms with E-state index >= 15 is 0 Å². The highest BCUT2D eigenvalue weighted by atomic mass is 127. The minimum atomic E-state index is -3.14. The lowest BCUT2D eigenvalue weighted by Crippen LogP contribution is -2.20. The Morgan fingerprint density at radius 2 is 2.00 bits per heavy atom. The Morgan fingerprint density at radius 1 is 1.36 bits per heavy atom. The van der Waals surface area contributed by atoms with Crippen LogP contribution in [0.4, 0.5) is 13.2 Å². The van der Waals surface area contributed by atoms with E-state index in [0.717, 1.165) is 0 Å². The van der Waals surface area contributed by atoms with E-state index in [2.05, 4.69) is 9.72 Å². The van der Waals surface area contributed by atoms with Crippen molar-refractivity contribution in [2.24, 2.45) is 0 Å². The van der Waals surface area contributed by atoms with Crippen molar-refractivity contribution in [2.75, 3.05) is 0 Å². The first kappa shape index (κ1) is 11.5. The number of halogens is 4. The van der Waals surface area contributed by atoms with Crippen molar-refractivity contribution >= 4 is 22.6 Å². The number of aryl methyl sites for hydroxylation is 1. The third kappa shape index (κ3) is 3.00. The second-order valence-corrected chi connectivity index (χ2v) is 3.63. The average molecular weight is 317 g/mol. The van der Waals surface area contributed by atoms with E-state index in [1.807, 2.05) is 22.6 Å². The van der Waals surface area contributed by atoms with Crippen LogP contribution in [0.5, 0.6) is 5.75 Å². The fourth-order valence-corrected chi connectivity index (χ4v) is 1.36. The van der Waals surface area contributed by atoms with E-state index < -0.39 is 12.8 Å². The molecule has 6 heteroatoms. The smallest absolute Gasteiger partial charge is 0.304 e. The molecule has 0 amide bonds. The molecule has 0 N–H and O–H groups in total. The van der Waals surface area contributed by atoms with Crippen molar-refractivity contribution in [3.05, 3.63) is 21.5 Å². The third-order valence-corrected chi connectivity index (χ3v) is 2.04. The SMILES string of the molecule is Cc1nc(I)ccc1OC(F)C(F)F. The van der Waals surface area contributed by atoms with Crippen molar-refractivity contribution < 1.29 is 17.9 Å². The number of alkyl halides is 3. The van der Waals surface area contributed by atoms with Crippen LogP contribution >= 0.6 is 22.6 Å². The molecule has 14 heavy (non-hydrogen) atoms. The zero-order valence-electron chi connectivity index (χ0n) is 7.18. The van der Waals surface area contributed by atoms with Crippen molar-refractivity contribution in [1.82, 2.24) is 4.98 Å². The van der Waals surface area contributed by atoms with Gasteiger partial charge in [0.05, 0.1) is 5.69 Å². The van der Waals surface area contributed by atoms with E-state index in [-0.39, 0.29) is 5.75 Å². The topological polar surface area (TPSA) is 22.1 Å². The van der Waals surface area contributed by atoms with Gasteiger partial charge in [0.25, 0.3) is 6.36 Å². The number of nitrogens with zero attached hydrogens (tertiary/aromatic N) is 1. The van der Waals surface area contributed by atoms with Crippen molar-refractivity contribution in [3.8, 4) is 5.75 Å². The normalized spacial score (nSPS) is 13.0. The number of aromatic nitrogens is 1. The average Bonchev–Trinajstić information content (AvgIpc) is 2.09. The predicted molar refractivity (Wildman–Crippen MR) is 53.2 cm³/mol. The molecule has 1 aromatic heterocycles. The molecule has 1 rings (SSSR count). The van der Waals surface area contributed by atoms with Crippen molar-refractivity contribution in [2.45, 2.75) is 19.7 Å². The van der Waals surface area contributed by atoms with Crippen LogP contribution in [-0.2, 0) is 0 Å². The summed E-state index contributed by atoms with van der Waals surface area (Å²) in [4.78, 5) is 3.94. The molecule has 0 aliphatic rings. The fraction of sp³-hybridized carbons (Fsp3) is 0.375. The van der Waals surface area contributed by atoms with Crippen LogP contribution in [0.25, 0.3) is 0 Å². The maximum absolute atomic E-state index is 12.5. The van der Waals surface area contributed by atoms with Crippen LogP contribution in [0.2, 0.25) is 0 Å². The van der Waals surface area contributed by atoms with Gasteiger partial charge < -0.3 is 4.74 Å². The molecule has 1 unspecified atom stereocenters. The molecule has 1 atom stereocenters. The van der Waals surface area contributed by atoms with Crippen LogP contribution in [0, 0.1) is 10.6 Å². The first-order chi connectivity index (χ1) is 6.50. The summed E-state index contributed by atoms with van der Waals surface area (Å²) in [5.41, 5.74) is 0.389. The highest BCUT2D eigenvalue weighted by Gasteiger charge is 2.21. The summed E-state index contributed by atoms with van der Waals surface area (Å²) >= 11 is 1.96. The molecule has 0 spiro atoms. The van der Waals surface area contributed by atoms with Crippen molar-refractivity contribution in [3.63, 3.8) is 0 Å². The Balaban J connectivity index is 2.77. The fourth-order valence-electron chi connectivity index (χ4n) is 0.815. The van der Waals surface area contributed by atoms with Gasteiger partial charge in [0.1, 0.15) is 9.45 Å². The van der Waals surface area contributed by atoms with Crippen LogP contribution in [-0.4, -0.2) is 17.8 Å². The first-order valence-electron chi connectivity index (χ1n) is 3.72. The molecular formula is C8H7F3INO. The summed E-state index contributed by atoms with van der Waals surface area (Å²) < 4.78 is 41.2. The van der Waals surface area contributed by atoms with Crippen LogP contribution < -0.4 is 4.74 Å². The monoisotopic (exact) mass is 317 g/mol. The Labute approximate surface area is 92.6 Å². The number of hydrogen-bond donors (Lipinski definition) is 0. The maximum Gasteiger partial charge on any atom is 0.304 e. The zero-order valence-corrected chi connectivity index (χ0v) is 9.33. The van der Waals surface area contributed by atoms with Crippen LogP contribution in [0.1, 0.15) is 5.69 Å². The minimum Gasteiger partial charge on any atom is -0.453 e. The van der Waals surface area contributed by atoms with Gasteiger partial charge in [0.15, 0.2) is 0 Å². The first-order valence-corrected chi connectivity index (χ1v) is 4.80. The van der Waals surface area contributed by atoms with Gasteiger partial charge >= 0.3 is 6.43 Å². The summed E-state index contributed by atoms with van der Waals surface area (Å²) in [7, 11) is 0. The van der Waals surface area contributed by atoms with E-state index in [9.17, 15) is 13.2 Å². The summed E-state index contributed by atoms with van der Waals surface area (Å²) in [5, 5.41) is 0. The summed E-state index contributed by atoms with van der Waals surface area (Å²) in [6.07, 6.45) is -5.75. The third-order valence-electron chi connectivity index (χ3n) is 1.44. The zero-order chi connectivity index (χ0) is 10.7. The quantitative estimate of drug-likeness (QED) is 0.632. The predicted octanol–water partition coefficient (Wildman–Crippen LogP) is 2.93. The highest BCUT2D eigenvalue weighted by molar-refractivity contribution is 14.1. The number of ether oxygens (including phenoxy) is 1.